The third kappa shape index (κ3) is 2.27. The zero-order valence-corrected chi connectivity index (χ0v) is 7.74. The molecule has 0 saturated carbocycles. The Morgan fingerprint density at radius 1 is 1.43 bits per heavy atom. The monoisotopic (exact) mass is 189 g/mol. The van der Waals surface area contributed by atoms with E-state index in [1.807, 2.05) is 0 Å². The lowest BCUT2D eigenvalue weighted by molar-refractivity contribution is 0.331. The largest absolute Gasteiger partial charge is 0.493 e. The lowest BCUT2D eigenvalue weighted by Crippen LogP contribution is -1.97. The van der Waals surface area contributed by atoms with Crippen LogP contribution in [0.2, 0.25) is 0 Å². The van der Waals surface area contributed by atoms with Crippen LogP contribution in [0.5, 0.6) is 11.5 Å². The molecule has 0 amide bonds. The number of hydrogen-bond acceptors (Lipinski definition) is 3. The Bertz CT molecular complexity index is 363. The minimum Gasteiger partial charge on any atom is -0.493 e. The Hall–Kier alpha value is -1.95. The Morgan fingerprint density at radius 3 is 2.79 bits per heavy atom. The molecule has 0 fully saturated rings. The van der Waals surface area contributed by atoms with Crippen LogP contribution in [0.15, 0.2) is 18.2 Å². The van der Waals surface area contributed by atoms with Crippen LogP contribution in [-0.2, 0) is 4.79 Å². The highest BCUT2D eigenvalue weighted by atomic mass is 16.5. The molecule has 0 aliphatic carbocycles. The zero-order chi connectivity index (χ0) is 10.4. The molecule has 1 aromatic rings. The number of benzene rings is 1. The van der Waals surface area contributed by atoms with Crippen molar-refractivity contribution in [3.63, 3.8) is 0 Å². The average Bonchev–Trinajstić information content (AvgIpc) is 2.26. The topological polar surface area (TPSA) is 35.5 Å². The summed E-state index contributed by atoms with van der Waals surface area (Å²) in [7, 11) is 1.49. The number of terminal acetylenes is 1. The molecule has 14 heavy (non-hydrogen) atoms. The van der Waals surface area contributed by atoms with E-state index in [-0.39, 0.29) is 6.61 Å². The fourth-order valence-electron chi connectivity index (χ4n) is 0.970. The highest BCUT2D eigenvalue weighted by molar-refractivity contribution is 5.76. The summed E-state index contributed by atoms with van der Waals surface area (Å²) in [6.07, 6.45) is 6.80. The van der Waals surface area contributed by atoms with Crippen molar-refractivity contribution in [2.24, 2.45) is 0 Å². The van der Waals surface area contributed by atoms with Crippen LogP contribution >= 0.6 is 0 Å². The highest BCUT2D eigenvalue weighted by Gasteiger charge is 2.04. The standard InChI is InChI=1S/C11H9O3/c1-3-6-14-10-5-4-9(8-12)7-11(10)13-2/h1,4-5,7H,6H2,2H3. The Morgan fingerprint density at radius 2 is 2.21 bits per heavy atom. The number of ether oxygens (including phenoxy) is 2. The molecule has 0 N–H and O–H groups in total. The third-order valence-electron chi connectivity index (χ3n) is 1.59. The second kappa shape index (κ2) is 4.93. The van der Waals surface area contributed by atoms with E-state index in [4.69, 9.17) is 15.9 Å². The zero-order valence-electron chi connectivity index (χ0n) is 7.74. The van der Waals surface area contributed by atoms with E-state index < -0.39 is 0 Å². The summed E-state index contributed by atoms with van der Waals surface area (Å²) in [5, 5.41) is 0. The van der Waals surface area contributed by atoms with E-state index in [2.05, 4.69) is 5.92 Å². The van der Waals surface area contributed by atoms with Crippen LogP contribution in [-0.4, -0.2) is 20.0 Å². The minimum atomic E-state index is 0.167. The van der Waals surface area contributed by atoms with Crippen LogP contribution in [0.4, 0.5) is 0 Å². The summed E-state index contributed by atoms with van der Waals surface area (Å²) in [5.74, 6) is 3.33. The molecule has 0 bridgehead atoms. The SMILES string of the molecule is C#CCOc1ccc([C]=O)cc1OC. The first kappa shape index (κ1) is 10.1. The van der Waals surface area contributed by atoms with Gasteiger partial charge in [0.2, 0.25) is 6.29 Å². The second-order valence-electron chi connectivity index (χ2n) is 2.46. The molecule has 1 aromatic carbocycles. The molecule has 0 spiro atoms. The van der Waals surface area contributed by atoms with Crippen LogP contribution in [0, 0.1) is 12.3 Å². The molecule has 0 aliphatic rings. The first-order chi connectivity index (χ1) is 6.81. The van der Waals surface area contributed by atoms with Crippen molar-refractivity contribution in [3.05, 3.63) is 23.8 Å². The molecule has 1 rings (SSSR count). The van der Waals surface area contributed by atoms with Crippen molar-refractivity contribution >= 4 is 6.29 Å². The van der Waals surface area contributed by atoms with Crippen molar-refractivity contribution in [1.82, 2.24) is 0 Å². The number of methoxy groups -OCH3 is 1. The Kier molecular flexibility index (Phi) is 3.57. The number of rotatable bonds is 4. The smallest absolute Gasteiger partial charge is 0.233 e. The quantitative estimate of drug-likeness (QED) is 0.667. The average molecular weight is 189 g/mol. The summed E-state index contributed by atoms with van der Waals surface area (Å²) in [5.41, 5.74) is 0.412. The normalized spacial score (nSPS) is 8.86. The molecular weight excluding hydrogens is 180 g/mol. The number of carbonyl (C=O) groups excluding carboxylic acids is 1. The predicted octanol–water partition coefficient (Wildman–Crippen LogP) is 1.17. The maximum Gasteiger partial charge on any atom is 0.233 e. The van der Waals surface area contributed by atoms with E-state index in [0.29, 0.717) is 17.1 Å². The third-order valence-corrected chi connectivity index (χ3v) is 1.59. The molecule has 3 heteroatoms. The molecule has 0 aliphatic heterocycles. The molecule has 0 unspecified atom stereocenters. The highest BCUT2D eigenvalue weighted by Crippen LogP contribution is 2.27. The lowest BCUT2D eigenvalue weighted by atomic mass is 10.2. The maximum absolute atomic E-state index is 10.3. The van der Waals surface area contributed by atoms with Crippen LogP contribution in [0.3, 0.4) is 0 Å². The fraction of sp³-hybridized carbons (Fsp3) is 0.182. The van der Waals surface area contributed by atoms with Gasteiger partial charge in [-0.15, -0.1) is 6.42 Å². The van der Waals surface area contributed by atoms with Gasteiger partial charge in [-0.25, -0.2) is 0 Å². The summed E-state index contributed by atoms with van der Waals surface area (Å²) >= 11 is 0. The molecule has 71 valence electrons. The molecule has 0 heterocycles. The van der Waals surface area contributed by atoms with E-state index in [1.54, 1.807) is 24.5 Å². The van der Waals surface area contributed by atoms with Crippen molar-refractivity contribution in [1.29, 1.82) is 0 Å². The van der Waals surface area contributed by atoms with Gasteiger partial charge >= 0.3 is 0 Å². The van der Waals surface area contributed by atoms with Gasteiger partial charge in [-0.2, -0.15) is 0 Å². The van der Waals surface area contributed by atoms with Crippen molar-refractivity contribution in [2.45, 2.75) is 0 Å². The van der Waals surface area contributed by atoms with Gasteiger partial charge in [-0.1, -0.05) is 5.92 Å². The van der Waals surface area contributed by atoms with Gasteiger partial charge in [0.05, 0.1) is 7.11 Å². The maximum atomic E-state index is 10.3. The molecule has 0 saturated heterocycles. The van der Waals surface area contributed by atoms with E-state index in [0.717, 1.165) is 0 Å². The molecule has 0 atom stereocenters. The van der Waals surface area contributed by atoms with Gasteiger partial charge in [0, 0.05) is 5.56 Å². The molecular formula is C11H9O3. The molecule has 3 nitrogen and oxygen atoms in total. The number of hydrogen-bond donors (Lipinski definition) is 0. The van der Waals surface area contributed by atoms with Crippen molar-refractivity contribution in [2.75, 3.05) is 13.7 Å². The van der Waals surface area contributed by atoms with Gasteiger partial charge in [-0.3, -0.25) is 4.79 Å². The van der Waals surface area contributed by atoms with E-state index in [1.165, 1.54) is 7.11 Å². The molecule has 1 radical (unpaired) electrons. The van der Waals surface area contributed by atoms with Crippen LogP contribution in [0.1, 0.15) is 5.56 Å². The summed E-state index contributed by atoms with van der Waals surface area (Å²) in [6.45, 7) is 0.167. The van der Waals surface area contributed by atoms with Gasteiger partial charge in [-0.05, 0) is 18.2 Å². The summed E-state index contributed by atoms with van der Waals surface area (Å²) in [4.78, 5) is 10.3. The van der Waals surface area contributed by atoms with Crippen molar-refractivity contribution < 1.29 is 14.3 Å². The first-order valence-corrected chi connectivity index (χ1v) is 3.94. The lowest BCUT2D eigenvalue weighted by Gasteiger charge is -2.08. The molecule has 0 aromatic heterocycles. The van der Waals surface area contributed by atoms with Gasteiger partial charge in [0.1, 0.15) is 6.61 Å². The fourth-order valence-corrected chi connectivity index (χ4v) is 0.970. The van der Waals surface area contributed by atoms with Crippen LogP contribution < -0.4 is 9.47 Å². The Balaban J connectivity index is 2.94. The van der Waals surface area contributed by atoms with Crippen LogP contribution in [0.25, 0.3) is 0 Å². The predicted molar refractivity (Wildman–Crippen MR) is 52.1 cm³/mol. The summed E-state index contributed by atoms with van der Waals surface area (Å²) in [6, 6.07) is 4.75. The summed E-state index contributed by atoms with van der Waals surface area (Å²) < 4.78 is 10.2. The van der Waals surface area contributed by atoms with E-state index in [9.17, 15) is 4.79 Å². The second-order valence-corrected chi connectivity index (χ2v) is 2.46. The Labute approximate surface area is 82.6 Å². The first-order valence-electron chi connectivity index (χ1n) is 3.94. The van der Waals surface area contributed by atoms with Crippen molar-refractivity contribution in [3.8, 4) is 23.8 Å². The van der Waals surface area contributed by atoms with Gasteiger partial charge in [0.25, 0.3) is 0 Å². The minimum absolute atomic E-state index is 0.167. The van der Waals surface area contributed by atoms with Gasteiger partial charge < -0.3 is 9.47 Å². The van der Waals surface area contributed by atoms with Gasteiger partial charge in [0.15, 0.2) is 11.5 Å². The van der Waals surface area contributed by atoms with E-state index >= 15 is 0 Å².